The molecule has 3 aromatic rings. The van der Waals surface area contributed by atoms with Crippen molar-refractivity contribution in [1.82, 2.24) is 15.5 Å². The Labute approximate surface area is 161 Å². The van der Waals surface area contributed by atoms with Gasteiger partial charge < -0.3 is 19.5 Å². The molecule has 2 aromatic heterocycles. The van der Waals surface area contributed by atoms with Crippen LogP contribution in [0, 0.1) is 0 Å². The Morgan fingerprint density at radius 3 is 2.61 bits per heavy atom. The Morgan fingerprint density at radius 1 is 1.18 bits per heavy atom. The van der Waals surface area contributed by atoms with E-state index in [1.165, 1.54) is 6.26 Å². The first kappa shape index (κ1) is 19.3. The van der Waals surface area contributed by atoms with E-state index in [-0.39, 0.29) is 5.89 Å². The Kier molecular flexibility index (Phi) is 6.18. The standard InChI is InChI=1S/C19H21N5O4/c1-2-10-24(12-15-22-23-18(28-15)14-9-6-11-27-14)16(17(25)21-19(20)26)13-7-4-3-5-8-13/h3-9,11,16H,2,10,12H2,1H3,(H3,20,21,25,26)/p+1/t16-/m1/s1. The summed E-state index contributed by atoms with van der Waals surface area (Å²) in [6, 6.07) is 11.1. The van der Waals surface area contributed by atoms with Gasteiger partial charge >= 0.3 is 6.03 Å². The van der Waals surface area contributed by atoms with Crippen LogP contribution < -0.4 is 16.0 Å². The largest absolute Gasteiger partial charge is 0.459 e. The summed E-state index contributed by atoms with van der Waals surface area (Å²) in [5.74, 6) is 0.631. The summed E-state index contributed by atoms with van der Waals surface area (Å²) in [6.45, 7) is 2.95. The number of urea groups is 1. The van der Waals surface area contributed by atoms with Crippen molar-refractivity contribution in [1.29, 1.82) is 0 Å². The number of nitrogens with two attached hydrogens (primary N) is 1. The molecule has 3 rings (SSSR count). The Morgan fingerprint density at radius 2 is 1.96 bits per heavy atom. The second-order valence-corrected chi connectivity index (χ2v) is 6.26. The molecule has 0 aliphatic rings. The maximum atomic E-state index is 12.7. The van der Waals surface area contributed by atoms with Crippen molar-refractivity contribution in [2.24, 2.45) is 5.73 Å². The summed E-state index contributed by atoms with van der Waals surface area (Å²) in [4.78, 5) is 24.8. The van der Waals surface area contributed by atoms with Crippen molar-refractivity contribution in [2.45, 2.75) is 25.9 Å². The highest BCUT2D eigenvalue weighted by molar-refractivity contribution is 5.96. The van der Waals surface area contributed by atoms with Gasteiger partial charge in [0.15, 0.2) is 18.3 Å². The third kappa shape index (κ3) is 4.63. The molecule has 2 atom stereocenters. The number of aromatic nitrogens is 2. The van der Waals surface area contributed by atoms with Crippen molar-refractivity contribution in [2.75, 3.05) is 6.54 Å². The normalized spacial score (nSPS) is 13.0. The second kappa shape index (κ2) is 8.96. The van der Waals surface area contributed by atoms with Crippen LogP contribution in [0.2, 0.25) is 0 Å². The highest BCUT2D eigenvalue weighted by Crippen LogP contribution is 2.18. The lowest BCUT2D eigenvalue weighted by Crippen LogP contribution is -3.12. The van der Waals surface area contributed by atoms with Crippen LogP contribution >= 0.6 is 0 Å². The van der Waals surface area contributed by atoms with Gasteiger partial charge in [-0.3, -0.25) is 10.1 Å². The third-order valence-corrected chi connectivity index (χ3v) is 4.20. The van der Waals surface area contributed by atoms with Gasteiger partial charge in [-0.25, -0.2) is 4.79 Å². The lowest BCUT2D eigenvalue weighted by molar-refractivity contribution is -0.936. The van der Waals surface area contributed by atoms with E-state index in [0.29, 0.717) is 24.7 Å². The molecule has 0 spiro atoms. The fourth-order valence-corrected chi connectivity index (χ4v) is 3.09. The van der Waals surface area contributed by atoms with E-state index in [1.54, 1.807) is 12.1 Å². The molecule has 3 amide bonds. The van der Waals surface area contributed by atoms with Crippen molar-refractivity contribution >= 4 is 11.9 Å². The van der Waals surface area contributed by atoms with Gasteiger partial charge in [-0.2, -0.15) is 0 Å². The molecule has 0 saturated heterocycles. The number of primary amides is 1. The van der Waals surface area contributed by atoms with E-state index in [2.05, 4.69) is 15.5 Å². The van der Waals surface area contributed by atoms with Gasteiger partial charge in [0.2, 0.25) is 0 Å². The van der Waals surface area contributed by atoms with E-state index in [0.717, 1.165) is 16.9 Å². The van der Waals surface area contributed by atoms with E-state index in [4.69, 9.17) is 14.6 Å². The maximum absolute atomic E-state index is 12.7. The highest BCUT2D eigenvalue weighted by atomic mass is 16.4. The molecule has 0 bridgehead atoms. The molecule has 0 aliphatic heterocycles. The zero-order valence-corrected chi connectivity index (χ0v) is 15.4. The molecule has 0 saturated carbocycles. The van der Waals surface area contributed by atoms with Crippen molar-refractivity contribution in [3.63, 3.8) is 0 Å². The number of rotatable bonds is 8. The van der Waals surface area contributed by atoms with Gasteiger partial charge in [-0.15, -0.1) is 10.2 Å². The number of imide groups is 1. The number of amides is 3. The van der Waals surface area contributed by atoms with Crippen LogP contribution in [-0.2, 0) is 11.3 Å². The highest BCUT2D eigenvalue weighted by Gasteiger charge is 2.33. The van der Waals surface area contributed by atoms with Crippen LogP contribution in [0.1, 0.15) is 30.8 Å². The number of hydrogen-bond donors (Lipinski definition) is 3. The lowest BCUT2D eigenvalue weighted by Gasteiger charge is -2.26. The van der Waals surface area contributed by atoms with Gasteiger partial charge in [-0.1, -0.05) is 37.3 Å². The molecule has 9 heteroatoms. The average molecular weight is 384 g/mol. The zero-order chi connectivity index (χ0) is 19.9. The predicted molar refractivity (Wildman–Crippen MR) is 98.7 cm³/mol. The molecule has 0 fully saturated rings. The molecular formula is C19H22N5O4+. The molecule has 1 aromatic carbocycles. The van der Waals surface area contributed by atoms with Crippen LogP contribution in [-0.4, -0.2) is 28.7 Å². The monoisotopic (exact) mass is 384 g/mol. The Hall–Kier alpha value is -3.46. The summed E-state index contributed by atoms with van der Waals surface area (Å²) in [5, 5.41) is 10.3. The molecule has 0 aliphatic carbocycles. The lowest BCUT2D eigenvalue weighted by atomic mass is 10.0. The molecule has 0 radical (unpaired) electrons. The smallest absolute Gasteiger partial charge is 0.319 e. The van der Waals surface area contributed by atoms with Crippen LogP contribution in [0.25, 0.3) is 11.7 Å². The molecule has 2 heterocycles. The Balaban J connectivity index is 1.88. The predicted octanol–water partition coefficient (Wildman–Crippen LogP) is 1.06. The number of hydrogen-bond acceptors (Lipinski definition) is 6. The summed E-state index contributed by atoms with van der Waals surface area (Å²) >= 11 is 0. The summed E-state index contributed by atoms with van der Waals surface area (Å²) < 4.78 is 11.0. The summed E-state index contributed by atoms with van der Waals surface area (Å²) in [7, 11) is 0. The Bertz CT molecular complexity index is 908. The quantitative estimate of drug-likeness (QED) is 0.533. The topological polar surface area (TPSA) is 129 Å². The molecule has 1 unspecified atom stereocenters. The fourth-order valence-electron chi connectivity index (χ4n) is 3.09. The van der Waals surface area contributed by atoms with Crippen molar-refractivity contribution in [3.8, 4) is 11.7 Å². The van der Waals surface area contributed by atoms with E-state index >= 15 is 0 Å². The number of carbonyl (C=O) groups excluding carboxylic acids is 2. The van der Waals surface area contributed by atoms with Crippen molar-refractivity contribution < 1.29 is 23.3 Å². The molecule has 28 heavy (non-hydrogen) atoms. The maximum Gasteiger partial charge on any atom is 0.319 e. The van der Waals surface area contributed by atoms with E-state index in [1.807, 2.05) is 37.3 Å². The van der Waals surface area contributed by atoms with Gasteiger partial charge in [0.05, 0.1) is 12.8 Å². The van der Waals surface area contributed by atoms with E-state index in [9.17, 15) is 9.59 Å². The minimum Gasteiger partial charge on any atom is -0.459 e. The minimum absolute atomic E-state index is 0.272. The zero-order valence-electron chi connectivity index (χ0n) is 15.4. The number of quaternary nitrogens is 1. The number of furan rings is 1. The third-order valence-electron chi connectivity index (χ3n) is 4.20. The van der Waals surface area contributed by atoms with Crippen LogP contribution in [0.5, 0.6) is 0 Å². The molecule has 146 valence electrons. The van der Waals surface area contributed by atoms with Gasteiger partial charge in [0.1, 0.15) is 0 Å². The number of benzene rings is 1. The van der Waals surface area contributed by atoms with Crippen LogP contribution in [0.15, 0.2) is 57.6 Å². The SMILES string of the molecule is CCC[NH+](Cc1nnc(-c2ccco2)o1)[C@@H](C(=O)NC(N)=O)c1ccccc1. The number of nitrogens with zero attached hydrogens (tertiary/aromatic N) is 2. The first-order valence-electron chi connectivity index (χ1n) is 8.94. The van der Waals surface area contributed by atoms with Gasteiger partial charge in [0.25, 0.3) is 17.7 Å². The summed E-state index contributed by atoms with van der Waals surface area (Å²) in [6.07, 6.45) is 2.33. The summed E-state index contributed by atoms with van der Waals surface area (Å²) in [5.41, 5.74) is 5.92. The average Bonchev–Trinajstić information content (AvgIpc) is 3.34. The molecular weight excluding hydrogens is 362 g/mol. The van der Waals surface area contributed by atoms with Crippen LogP contribution in [0.4, 0.5) is 4.79 Å². The number of carbonyl (C=O) groups is 2. The molecule has 4 N–H and O–H groups in total. The fraction of sp³-hybridized carbons (Fsp3) is 0.263. The van der Waals surface area contributed by atoms with Crippen LogP contribution in [0.3, 0.4) is 0 Å². The van der Waals surface area contributed by atoms with Crippen molar-refractivity contribution in [3.05, 3.63) is 60.2 Å². The van der Waals surface area contributed by atoms with Gasteiger partial charge in [0, 0.05) is 5.56 Å². The minimum atomic E-state index is -0.889. The number of nitrogens with one attached hydrogen (secondary N) is 2. The molecule has 9 nitrogen and oxygen atoms in total. The van der Waals surface area contributed by atoms with E-state index < -0.39 is 18.0 Å². The first-order chi connectivity index (χ1) is 13.6. The first-order valence-corrected chi connectivity index (χ1v) is 8.94. The second-order valence-electron chi connectivity index (χ2n) is 6.26. The van der Waals surface area contributed by atoms with Gasteiger partial charge in [-0.05, 0) is 18.6 Å².